The number of hydrogen-bond acceptors (Lipinski definition) is 4. The van der Waals surface area contributed by atoms with Crippen molar-refractivity contribution in [1.82, 2.24) is 9.80 Å². The van der Waals surface area contributed by atoms with E-state index in [4.69, 9.17) is 10.00 Å². The molecule has 108 valence electrons. The molecule has 0 saturated carbocycles. The number of benzene rings is 1. The maximum absolute atomic E-state index is 9.02. The minimum atomic E-state index is 0.600. The molecule has 0 spiro atoms. The van der Waals surface area contributed by atoms with E-state index in [0.29, 0.717) is 17.4 Å². The predicted molar refractivity (Wildman–Crippen MR) is 79.7 cm³/mol. The average molecular weight is 273 g/mol. The van der Waals surface area contributed by atoms with E-state index in [1.807, 2.05) is 18.2 Å². The van der Waals surface area contributed by atoms with Gasteiger partial charge in [0.05, 0.1) is 12.7 Å². The fraction of sp³-hybridized carbons (Fsp3) is 0.562. The number of likely N-dealkylation sites (tertiary alicyclic amines) is 1. The first kappa shape index (κ1) is 14.8. The fourth-order valence-corrected chi connectivity index (χ4v) is 2.89. The molecule has 0 amide bonds. The van der Waals surface area contributed by atoms with Crippen molar-refractivity contribution in [3.8, 4) is 11.8 Å². The summed E-state index contributed by atoms with van der Waals surface area (Å²) in [6, 6.07) is 8.66. The van der Waals surface area contributed by atoms with Crippen LogP contribution >= 0.6 is 0 Å². The van der Waals surface area contributed by atoms with Gasteiger partial charge in [-0.1, -0.05) is 6.07 Å². The topological polar surface area (TPSA) is 39.5 Å². The highest BCUT2D eigenvalue weighted by Gasteiger charge is 2.24. The Bertz CT molecular complexity index is 493. The van der Waals surface area contributed by atoms with E-state index in [2.05, 4.69) is 30.0 Å². The van der Waals surface area contributed by atoms with Gasteiger partial charge in [-0.2, -0.15) is 5.26 Å². The second-order valence-electron chi connectivity index (χ2n) is 5.68. The Morgan fingerprint density at radius 1 is 1.45 bits per heavy atom. The Morgan fingerprint density at radius 2 is 2.25 bits per heavy atom. The van der Waals surface area contributed by atoms with Crippen molar-refractivity contribution < 1.29 is 4.74 Å². The van der Waals surface area contributed by atoms with E-state index in [9.17, 15) is 0 Å². The van der Waals surface area contributed by atoms with Crippen LogP contribution in [0.25, 0.3) is 0 Å². The van der Waals surface area contributed by atoms with Gasteiger partial charge >= 0.3 is 0 Å². The summed E-state index contributed by atoms with van der Waals surface area (Å²) < 4.78 is 5.28. The highest BCUT2D eigenvalue weighted by molar-refractivity contribution is 5.45. The Kier molecular flexibility index (Phi) is 4.99. The minimum Gasteiger partial charge on any atom is -0.495 e. The largest absolute Gasteiger partial charge is 0.495 e. The van der Waals surface area contributed by atoms with Crippen LogP contribution in [0.3, 0.4) is 0 Å². The van der Waals surface area contributed by atoms with Crippen LogP contribution in [0.1, 0.15) is 24.0 Å². The highest BCUT2D eigenvalue weighted by atomic mass is 16.5. The second kappa shape index (κ2) is 6.74. The van der Waals surface area contributed by atoms with Crippen LogP contribution in [0.4, 0.5) is 0 Å². The summed E-state index contributed by atoms with van der Waals surface area (Å²) in [4.78, 5) is 4.78. The zero-order valence-electron chi connectivity index (χ0n) is 12.6. The molecule has 0 aliphatic carbocycles. The number of methoxy groups -OCH3 is 1. The second-order valence-corrected chi connectivity index (χ2v) is 5.68. The molecular formula is C16H23N3O. The van der Waals surface area contributed by atoms with Gasteiger partial charge in [0.2, 0.25) is 0 Å². The summed E-state index contributed by atoms with van der Waals surface area (Å²) in [5.41, 5.74) is 1.81. The molecule has 1 atom stereocenters. The summed E-state index contributed by atoms with van der Waals surface area (Å²) in [7, 11) is 5.87. The molecule has 1 aromatic carbocycles. The third-order valence-corrected chi connectivity index (χ3v) is 3.85. The summed E-state index contributed by atoms with van der Waals surface area (Å²) in [6.45, 7) is 3.19. The number of rotatable bonds is 5. The van der Waals surface area contributed by atoms with Crippen molar-refractivity contribution >= 4 is 0 Å². The number of ether oxygens (including phenoxy) is 1. The zero-order valence-corrected chi connectivity index (χ0v) is 12.6. The predicted octanol–water partition coefficient (Wildman–Crippen LogP) is 2.09. The van der Waals surface area contributed by atoms with Crippen molar-refractivity contribution in [1.29, 1.82) is 5.26 Å². The average Bonchev–Trinajstić information content (AvgIpc) is 2.85. The van der Waals surface area contributed by atoms with Gasteiger partial charge in [0, 0.05) is 19.1 Å². The molecule has 1 heterocycles. The van der Waals surface area contributed by atoms with E-state index in [0.717, 1.165) is 19.6 Å². The molecule has 2 rings (SSSR count). The quantitative estimate of drug-likeness (QED) is 0.823. The number of likely N-dealkylation sites (N-methyl/N-ethyl adjacent to an activating group) is 1. The first-order valence-electron chi connectivity index (χ1n) is 7.10. The Hall–Kier alpha value is -1.57. The third-order valence-electron chi connectivity index (χ3n) is 3.85. The van der Waals surface area contributed by atoms with E-state index in [1.165, 1.54) is 18.4 Å². The molecule has 1 fully saturated rings. The molecule has 4 nitrogen and oxygen atoms in total. The van der Waals surface area contributed by atoms with Crippen LogP contribution in [0, 0.1) is 11.3 Å². The van der Waals surface area contributed by atoms with Crippen molar-refractivity contribution in [2.45, 2.75) is 25.4 Å². The van der Waals surface area contributed by atoms with Gasteiger partial charge in [-0.25, -0.2) is 0 Å². The first-order valence-corrected chi connectivity index (χ1v) is 7.10. The maximum Gasteiger partial charge on any atom is 0.136 e. The standard InChI is InChI=1S/C16H23N3O/c1-18(2)12-15-5-4-8-19(15)11-13-6-7-14(10-17)16(9-13)20-3/h6-7,9,15H,4-5,8,11-12H2,1-3H3. The molecule has 1 aromatic rings. The van der Waals surface area contributed by atoms with Crippen LogP contribution in [-0.4, -0.2) is 50.1 Å². The normalized spacial score (nSPS) is 19.2. The molecule has 0 radical (unpaired) electrons. The smallest absolute Gasteiger partial charge is 0.136 e. The molecule has 4 heteroatoms. The van der Waals surface area contributed by atoms with E-state index in [-0.39, 0.29) is 0 Å². The maximum atomic E-state index is 9.02. The third kappa shape index (κ3) is 3.50. The SMILES string of the molecule is COc1cc(CN2CCCC2CN(C)C)ccc1C#N. The van der Waals surface area contributed by atoms with Crippen molar-refractivity contribution in [3.63, 3.8) is 0 Å². The summed E-state index contributed by atoms with van der Waals surface area (Å²) in [5.74, 6) is 0.674. The lowest BCUT2D eigenvalue weighted by Crippen LogP contribution is -2.37. The molecule has 1 aliphatic heterocycles. The van der Waals surface area contributed by atoms with Crippen LogP contribution < -0.4 is 4.74 Å². The minimum absolute atomic E-state index is 0.600. The van der Waals surface area contributed by atoms with Gasteiger partial charge in [-0.3, -0.25) is 4.90 Å². The van der Waals surface area contributed by atoms with Crippen LogP contribution in [-0.2, 0) is 6.54 Å². The molecule has 1 unspecified atom stereocenters. The van der Waals surface area contributed by atoms with Crippen molar-refractivity contribution in [2.75, 3.05) is 34.3 Å². The lowest BCUT2D eigenvalue weighted by Gasteiger charge is -2.27. The molecular weight excluding hydrogens is 250 g/mol. The first-order chi connectivity index (χ1) is 9.63. The van der Waals surface area contributed by atoms with E-state index < -0.39 is 0 Å². The number of nitriles is 1. The van der Waals surface area contributed by atoms with Gasteiger partial charge in [0.15, 0.2) is 0 Å². The lowest BCUT2D eigenvalue weighted by molar-refractivity contribution is 0.201. The fourth-order valence-electron chi connectivity index (χ4n) is 2.89. The van der Waals surface area contributed by atoms with Crippen molar-refractivity contribution in [2.24, 2.45) is 0 Å². The summed E-state index contributed by atoms with van der Waals surface area (Å²) >= 11 is 0. The lowest BCUT2D eigenvalue weighted by atomic mass is 10.1. The molecule has 0 bridgehead atoms. The van der Waals surface area contributed by atoms with Gasteiger partial charge in [0.25, 0.3) is 0 Å². The van der Waals surface area contributed by atoms with Gasteiger partial charge < -0.3 is 9.64 Å². The Balaban J connectivity index is 2.08. The highest BCUT2D eigenvalue weighted by Crippen LogP contribution is 2.24. The number of hydrogen-bond donors (Lipinski definition) is 0. The van der Waals surface area contributed by atoms with Crippen LogP contribution in [0.2, 0.25) is 0 Å². The van der Waals surface area contributed by atoms with E-state index in [1.54, 1.807) is 7.11 Å². The monoisotopic (exact) mass is 273 g/mol. The van der Waals surface area contributed by atoms with Crippen LogP contribution in [0.5, 0.6) is 5.75 Å². The van der Waals surface area contributed by atoms with Gasteiger partial charge in [-0.15, -0.1) is 0 Å². The zero-order chi connectivity index (χ0) is 14.5. The Labute approximate surface area is 121 Å². The molecule has 0 N–H and O–H groups in total. The van der Waals surface area contributed by atoms with E-state index >= 15 is 0 Å². The summed E-state index contributed by atoms with van der Waals surface area (Å²) in [6.07, 6.45) is 2.54. The molecule has 20 heavy (non-hydrogen) atoms. The van der Waals surface area contributed by atoms with Crippen molar-refractivity contribution in [3.05, 3.63) is 29.3 Å². The number of nitrogens with zero attached hydrogens (tertiary/aromatic N) is 3. The van der Waals surface area contributed by atoms with Gasteiger partial charge in [0.1, 0.15) is 11.8 Å². The molecule has 1 saturated heterocycles. The summed E-state index contributed by atoms with van der Waals surface area (Å²) in [5, 5.41) is 9.02. The Morgan fingerprint density at radius 3 is 2.90 bits per heavy atom. The van der Waals surface area contributed by atoms with Crippen LogP contribution in [0.15, 0.2) is 18.2 Å². The van der Waals surface area contributed by atoms with Gasteiger partial charge in [-0.05, 0) is 51.2 Å². The molecule has 1 aliphatic rings. The molecule has 0 aromatic heterocycles.